The summed E-state index contributed by atoms with van der Waals surface area (Å²) in [5, 5.41) is 0. The fourth-order valence-electron chi connectivity index (χ4n) is 1.61. The van der Waals surface area contributed by atoms with Gasteiger partial charge < -0.3 is 0 Å². The van der Waals surface area contributed by atoms with Gasteiger partial charge in [-0.1, -0.05) is 24.3 Å². The highest BCUT2D eigenvalue weighted by molar-refractivity contribution is 7.84. The van der Waals surface area contributed by atoms with Crippen molar-refractivity contribution >= 4 is 11.0 Å². The standard InChI is InChI=1S/C14H20F3NOS/c1-10(18-20(19)13(2,3)4)12-7-5-6-11(8-12)9-14(15,16)17/h5-8,10,18H,9H2,1-4H3/t10-,20?/m1/s1. The Bertz CT molecular complexity index is 480. The van der Waals surface area contributed by atoms with Gasteiger partial charge in [0.2, 0.25) is 0 Å². The lowest BCUT2D eigenvalue weighted by molar-refractivity contribution is -0.127. The molecule has 1 N–H and O–H groups in total. The second kappa shape index (κ2) is 6.26. The van der Waals surface area contributed by atoms with Crippen LogP contribution in [-0.4, -0.2) is 15.1 Å². The van der Waals surface area contributed by atoms with Crippen molar-refractivity contribution in [3.63, 3.8) is 0 Å². The molecule has 0 spiro atoms. The maximum absolute atomic E-state index is 12.4. The molecular formula is C14H20F3NOS. The topological polar surface area (TPSA) is 29.1 Å². The van der Waals surface area contributed by atoms with Crippen LogP contribution >= 0.6 is 0 Å². The van der Waals surface area contributed by atoms with Crippen LogP contribution in [-0.2, 0) is 17.4 Å². The predicted molar refractivity (Wildman–Crippen MR) is 75.6 cm³/mol. The number of hydrogen-bond donors (Lipinski definition) is 1. The largest absolute Gasteiger partial charge is 0.393 e. The van der Waals surface area contributed by atoms with Gasteiger partial charge in [0.05, 0.1) is 22.2 Å². The molecule has 2 atom stereocenters. The fourth-order valence-corrected chi connectivity index (χ4v) is 2.42. The number of rotatable bonds is 4. The molecule has 0 aliphatic carbocycles. The van der Waals surface area contributed by atoms with Gasteiger partial charge in [-0.15, -0.1) is 0 Å². The van der Waals surface area contributed by atoms with E-state index in [4.69, 9.17) is 0 Å². The van der Waals surface area contributed by atoms with Gasteiger partial charge in [0.15, 0.2) is 0 Å². The lowest BCUT2D eigenvalue weighted by atomic mass is 10.0. The molecule has 1 unspecified atom stereocenters. The summed E-state index contributed by atoms with van der Waals surface area (Å²) in [6.45, 7) is 7.30. The van der Waals surface area contributed by atoms with E-state index < -0.39 is 28.3 Å². The van der Waals surface area contributed by atoms with Gasteiger partial charge in [-0.25, -0.2) is 8.93 Å². The zero-order valence-corrected chi connectivity index (χ0v) is 12.9. The van der Waals surface area contributed by atoms with Crippen LogP contribution in [0.1, 0.15) is 44.9 Å². The molecule has 0 aromatic heterocycles. The van der Waals surface area contributed by atoms with Gasteiger partial charge in [-0.05, 0) is 38.8 Å². The lowest BCUT2D eigenvalue weighted by Crippen LogP contribution is -2.34. The Hall–Kier alpha value is -0.880. The molecule has 0 heterocycles. The Morgan fingerprint density at radius 2 is 1.85 bits per heavy atom. The number of alkyl halides is 3. The lowest BCUT2D eigenvalue weighted by Gasteiger charge is -2.22. The third-order valence-electron chi connectivity index (χ3n) is 2.70. The molecule has 6 heteroatoms. The zero-order valence-electron chi connectivity index (χ0n) is 12.0. The molecule has 1 rings (SSSR count). The van der Waals surface area contributed by atoms with Gasteiger partial charge in [0.1, 0.15) is 0 Å². The molecule has 0 saturated carbocycles. The minimum atomic E-state index is -4.22. The van der Waals surface area contributed by atoms with Gasteiger partial charge in [-0.2, -0.15) is 13.2 Å². The van der Waals surface area contributed by atoms with E-state index in [0.29, 0.717) is 5.56 Å². The van der Waals surface area contributed by atoms with Crippen LogP contribution in [0, 0.1) is 0 Å². The fraction of sp³-hybridized carbons (Fsp3) is 0.571. The first-order valence-corrected chi connectivity index (χ1v) is 7.47. The maximum Gasteiger partial charge on any atom is 0.393 e. The van der Waals surface area contributed by atoms with Crippen LogP contribution in [0.2, 0.25) is 0 Å². The van der Waals surface area contributed by atoms with Crippen LogP contribution in [0.15, 0.2) is 24.3 Å². The van der Waals surface area contributed by atoms with Gasteiger partial charge in [0.25, 0.3) is 0 Å². The minimum Gasteiger partial charge on any atom is -0.242 e. The van der Waals surface area contributed by atoms with E-state index in [1.54, 1.807) is 19.1 Å². The molecular weight excluding hydrogens is 287 g/mol. The predicted octanol–water partition coefficient (Wildman–Crippen LogP) is 3.90. The van der Waals surface area contributed by atoms with Crippen molar-refractivity contribution in [2.24, 2.45) is 0 Å². The molecule has 114 valence electrons. The van der Waals surface area contributed by atoms with Crippen LogP contribution in [0.3, 0.4) is 0 Å². The molecule has 0 aliphatic heterocycles. The quantitative estimate of drug-likeness (QED) is 0.898. The first kappa shape index (κ1) is 17.2. The van der Waals surface area contributed by atoms with E-state index in [1.807, 2.05) is 20.8 Å². The van der Waals surface area contributed by atoms with Crippen molar-refractivity contribution < 1.29 is 17.4 Å². The maximum atomic E-state index is 12.4. The normalized spacial score (nSPS) is 15.9. The first-order valence-electron chi connectivity index (χ1n) is 6.33. The summed E-state index contributed by atoms with van der Waals surface area (Å²) in [7, 11) is -1.27. The number of hydrogen-bond acceptors (Lipinski definition) is 1. The zero-order chi connectivity index (χ0) is 15.6. The van der Waals surface area contributed by atoms with Crippen molar-refractivity contribution in [1.29, 1.82) is 0 Å². The molecule has 0 bridgehead atoms. The smallest absolute Gasteiger partial charge is 0.242 e. The highest BCUT2D eigenvalue weighted by Gasteiger charge is 2.28. The van der Waals surface area contributed by atoms with E-state index in [-0.39, 0.29) is 11.6 Å². The number of benzene rings is 1. The minimum absolute atomic E-state index is 0.213. The Balaban J connectivity index is 2.81. The molecule has 2 nitrogen and oxygen atoms in total. The second-order valence-electron chi connectivity index (χ2n) is 5.76. The average molecular weight is 307 g/mol. The van der Waals surface area contributed by atoms with Gasteiger partial charge >= 0.3 is 6.18 Å². The van der Waals surface area contributed by atoms with Crippen LogP contribution < -0.4 is 4.72 Å². The summed E-state index contributed by atoms with van der Waals surface area (Å²) in [5.41, 5.74) is 0.912. The molecule has 0 radical (unpaired) electrons. The SMILES string of the molecule is C[C@@H](NS(=O)C(C)(C)C)c1cccc(CC(F)(F)F)c1. The van der Waals surface area contributed by atoms with Gasteiger partial charge in [-0.3, -0.25) is 0 Å². The highest BCUT2D eigenvalue weighted by atomic mass is 32.2. The van der Waals surface area contributed by atoms with Gasteiger partial charge in [0, 0.05) is 6.04 Å². The molecule has 0 amide bonds. The Morgan fingerprint density at radius 3 is 2.35 bits per heavy atom. The van der Waals surface area contributed by atoms with E-state index in [0.717, 1.165) is 0 Å². The number of nitrogens with one attached hydrogen (secondary N) is 1. The third kappa shape index (κ3) is 5.63. The molecule has 1 aromatic carbocycles. The summed E-state index contributed by atoms with van der Waals surface area (Å²) in [6.07, 6.45) is -5.17. The second-order valence-corrected chi connectivity index (χ2v) is 7.76. The monoisotopic (exact) mass is 307 g/mol. The summed E-state index contributed by atoms with van der Waals surface area (Å²) in [4.78, 5) is 0. The van der Waals surface area contributed by atoms with Crippen LogP contribution in [0.5, 0.6) is 0 Å². The van der Waals surface area contributed by atoms with Crippen molar-refractivity contribution in [1.82, 2.24) is 4.72 Å². The van der Waals surface area contributed by atoms with Crippen molar-refractivity contribution in [3.05, 3.63) is 35.4 Å². The Kier molecular flexibility index (Phi) is 5.38. The van der Waals surface area contributed by atoms with Crippen LogP contribution in [0.25, 0.3) is 0 Å². The molecule has 0 aliphatic rings. The third-order valence-corrected chi connectivity index (χ3v) is 4.38. The summed E-state index contributed by atoms with van der Waals surface area (Å²) in [6, 6.07) is 6.00. The molecule has 0 fully saturated rings. The van der Waals surface area contributed by atoms with E-state index in [1.165, 1.54) is 12.1 Å². The van der Waals surface area contributed by atoms with Crippen molar-refractivity contribution in [3.8, 4) is 0 Å². The molecule has 1 aromatic rings. The highest BCUT2D eigenvalue weighted by Crippen LogP contribution is 2.24. The number of halogens is 3. The van der Waals surface area contributed by atoms with Crippen LogP contribution in [0.4, 0.5) is 13.2 Å². The summed E-state index contributed by atoms with van der Waals surface area (Å²) >= 11 is 0. The molecule has 20 heavy (non-hydrogen) atoms. The van der Waals surface area contributed by atoms with E-state index >= 15 is 0 Å². The first-order chi connectivity index (χ1) is 8.99. The van der Waals surface area contributed by atoms with Crippen molar-refractivity contribution in [2.45, 2.75) is 51.1 Å². The summed E-state index contributed by atoms with van der Waals surface area (Å²) < 4.78 is 51.6. The van der Waals surface area contributed by atoms with E-state index in [9.17, 15) is 17.4 Å². The summed E-state index contributed by atoms with van der Waals surface area (Å²) in [5.74, 6) is 0. The Labute approximate surface area is 120 Å². The van der Waals surface area contributed by atoms with E-state index in [2.05, 4.69) is 4.72 Å². The molecule has 0 saturated heterocycles. The average Bonchev–Trinajstić information content (AvgIpc) is 2.25. The Morgan fingerprint density at radius 1 is 1.25 bits per heavy atom. The van der Waals surface area contributed by atoms with Crippen molar-refractivity contribution in [2.75, 3.05) is 0 Å².